The van der Waals surface area contributed by atoms with Gasteiger partial charge in [-0.1, -0.05) is 35.5 Å². The number of aromatic nitrogens is 1. The van der Waals surface area contributed by atoms with Crippen LogP contribution in [0.25, 0.3) is 22.2 Å². The van der Waals surface area contributed by atoms with Gasteiger partial charge in [-0.25, -0.2) is 0 Å². The van der Waals surface area contributed by atoms with Crippen LogP contribution in [0.1, 0.15) is 23.2 Å². The van der Waals surface area contributed by atoms with Crippen molar-refractivity contribution in [3.8, 4) is 11.3 Å². The van der Waals surface area contributed by atoms with E-state index in [4.69, 9.17) is 9.26 Å². The van der Waals surface area contributed by atoms with Gasteiger partial charge in [-0.15, -0.1) is 0 Å². The zero-order valence-corrected chi connectivity index (χ0v) is 17.0. The van der Waals surface area contributed by atoms with Gasteiger partial charge in [-0.2, -0.15) is 0 Å². The van der Waals surface area contributed by atoms with Gasteiger partial charge in [0.1, 0.15) is 5.52 Å². The average Bonchev–Trinajstić information content (AvgIpc) is 3.38. The molecule has 0 N–H and O–H groups in total. The minimum Gasteiger partial charge on any atom is -0.383 e. The van der Waals surface area contributed by atoms with Crippen molar-refractivity contribution < 1.29 is 14.1 Å². The number of nitrogens with zero attached hydrogens (tertiary/aromatic N) is 3. The molecule has 0 unspecified atom stereocenters. The SMILES string of the molecule is COCCN(C)C[C@@H]1CCCN1C(=O)c1ccc2noc(-c3ccccc3)c2c1. The molecule has 6 nitrogen and oxygen atoms in total. The standard InChI is InChI=1S/C23H27N3O3/c1-25(13-14-28-2)16-19-9-6-12-26(19)23(27)18-10-11-21-20(15-18)22(29-24-21)17-7-4-3-5-8-17/h3-5,7-8,10-11,15,19H,6,9,12-14,16H2,1-2H3/t19-/m0/s1. The first kappa shape index (κ1) is 19.6. The molecule has 29 heavy (non-hydrogen) atoms. The molecule has 1 fully saturated rings. The highest BCUT2D eigenvalue weighted by Gasteiger charge is 2.30. The third-order valence-electron chi connectivity index (χ3n) is 5.60. The molecule has 152 valence electrons. The van der Waals surface area contributed by atoms with Gasteiger partial charge >= 0.3 is 0 Å². The maximum atomic E-state index is 13.3. The number of likely N-dealkylation sites (N-methyl/N-ethyl adjacent to an activating group) is 1. The van der Waals surface area contributed by atoms with Gasteiger partial charge in [0.2, 0.25) is 0 Å². The number of methoxy groups -OCH3 is 1. The molecule has 1 atom stereocenters. The Morgan fingerprint density at radius 1 is 1.28 bits per heavy atom. The maximum absolute atomic E-state index is 13.3. The quantitative estimate of drug-likeness (QED) is 0.613. The summed E-state index contributed by atoms with van der Waals surface area (Å²) in [5.41, 5.74) is 2.40. The number of amides is 1. The second-order valence-corrected chi connectivity index (χ2v) is 7.66. The molecule has 3 aromatic rings. The van der Waals surface area contributed by atoms with Crippen LogP contribution in [0.15, 0.2) is 53.1 Å². The number of rotatable bonds is 7. The van der Waals surface area contributed by atoms with E-state index >= 15 is 0 Å². The average molecular weight is 393 g/mol. The first-order chi connectivity index (χ1) is 14.2. The highest BCUT2D eigenvalue weighted by Crippen LogP contribution is 2.30. The monoisotopic (exact) mass is 393 g/mol. The van der Waals surface area contributed by atoms with Crippen molar-refractivity contribution in [3.63, 3.8) is 0 Å². The highest BCUT2D eigenvalue weighted by molar-refractivity contribution is 6.01. The van der Waals surface area contributed by atoms with Gasteiger partial charge < -0.3 is 19.1 Å². The second kappa shape index (κ2) is 8.76. The summed E-state index contributed by atoms with van der Waals surface area (Å²) in [5, 5.41) is 5.03. The molecule has 0 aliphatic carbocycles. The Bertz CT molecular complexity index is 970. The van der Waals surface area contributed by atoms with Crippen LogP contribution in [0.3, 0.4) is 0 Å². The van der Waals surface area contributed by atoms with Crippen LogP contribution in [-0.2, 0) is 4.74 Å². The predicted molar refractivity (Wildman–Crippen MR) is 113 cm³/mol. The number of hydrogen-bond donors (Lipinski definition) is 0. The minimum atomic E-state index is 0.0785. The molecule has 1 saturated heterocycles. The third kappa shape index (κ3) is 4.18. The molecule has 1 aliphatic rings. The lowest BCUT2D eigenvalue weighted by Gasteiger charge is -2.28. The Labute approximate surface area is 171 Å². The summed E-state index contributed by atoms with van der Waals surface area (Å²) in [6.07, 6.45) is 2.08. The van der Waals surface area contributed by atoms with E-state index < -0.39 is 0 Å². The molecule has 0 radical (unpaired) electrons. The number of ether oxygens (including phenoxy) is 1. The van der Waals surface area contributed by atoms with Gasteiger partial charge in [0.05, 0.1) is 12.0 Å². The summed E-state index contributed by atoms with van der Waals surface area (Å²) >= 11 is 0. The summed E-state index contributed by atoms with van der Waals surface area (Å²) in [6, 6.07) is 15.7. The van der Waals surface area contributed by atoms with Crippen molar-refractivity contribution in [2.75, 3.05) is 40.4 Å². The van der Waals surface area contributed by atoms with Crippen molar-refractivity contribution in [1.82, 2.24) is 15.0 Å². The van der Waals surface area contributed by atoms with E-state index in [2.05, 4.69) is 17.1 Å². The lowest BCUT2D eigenvalue weighted by molar-refractivity contribution is 0.0698. The van der Waals surface area contributed by atoms with E-state index in [1.165, 1.54) is 0 Å². The molecule has 4 rings (SSSR count). The van der Waals surface area contributed by atoms with Crippen molar-refractivity contribution in [3.05, 3.63) is 54.1 Å². The molecule has 1 amide bonds. The van der Waals surface area contributed by atoms with Crippen molar-refractivity contribution in [2.24, 2.45) is 0 Å². The van der Waals surface area contributed by atoms with E-state index in [9.17, 15) is 4.79 Å². The second-order valence-electron chi connectivity index (χ2n) is 7.66. The Morgan fingerprint density at radius 3 is 2.90 bits per heavy atom. The van der Waals surface area contributed by atoms with Crippen LogP contribution < -0.4 is 0 Å². The molecule has 0 bridgehead atoms. The summed E-state index contributed by atoms with van der Waals surface area (Å²) < 4.78 is 10.7. The molecule has 0 spiro atoms. The molecule has 2 aromatic carbocycles. The Balaban J connectivity index is 1.56. The van der Waals surface area contributed by atoms with Crippen LogP contribution >= 0.6 is 0 Å². The van der Waals surface area contributed by atoms with Crippen molar-refractivity contribution in [1.29, 1.82) is 0 Å². The molecule has 1 aliphatic heterocycles. The largest absolute Gasteiger partial charge is 0.383 e. The summed E-state index contributed by atoms with van der Waals surface area (Å²) in [6.45, 7) is 3.22. The van der Waals surface area contributed by atoms with Crippen LogP contribution in [0, 0.1) is 0 Å². The fourth-order valence-electron chi connectivity index (χ4n) is 4.03. The lowest BCUT2D eigenvalue weighted by Crippen LogP contribution is -2.42. The van der Waals surface area contributed by atoms with Crippen molar-refractivity contribution in [2.45, 2.75) is 18.9 Å². The van der Waals surface area contributed by atoms with E-state index in [1.54, 1.807) is 7.11 Å². The minimum absolute atomic E-state index is 0.0785. The van der Waals surface area contributed by atoms with E-state index in [0.717, 1.165) is 48.9 Å². The zero-order chi connectivity index (χ0) is 20.2. The van der Waals surface area contributed by atoms with Gasteiger partial charge in [0.25, 0.3) is 5.91 Å². The summed E-state index contributed by atoms with van der Waals surface area (Å²) in [5.74, 6) is 0.780. The van der Waals surface area contributed by atoms with Gasteiger partial charge in [0.15, 0.2) is 5.76 Å². The number of likely N-dealkylation sites (tertiary alicyclic amines) is 1. The van der Waals surface area contributed by atoms with Crippen LogP contribution in [0.5, 0.6) is 0 Å². The number of hydrogen-bond acceptors (Lipinski definition) is 5. The number of benzene rings is 2. The molecular weight excluding hydrogens is 366 g/mol. The van der Waals surface area contributed by atoms with Gasteiger partial charge in [-0.3, -0.25) is 4.79 Å². The summed E-state index contributed by atoms with van der Waals surface area (Å²) in [4.78, 5) is 17.5. The Kier molecular flexibility index (Phi) is 5.92. The molecule has 1 aromatic heterocycles. The fraction of sp³-hybridized carbons (Fsp3) is 0.391. The smallest absolute Gasteiger partial charge is 0.254 e. The normalized spacial score (nSPS) is 16.8. The van der Waals surface area contributed by atoms with Crippen LogP contribution in [-0.4, -0.2) is 67.3 Å². The molecule has 2 heterocycles. The van der Waals surface area contributed by atoms with Crippen LogP contribution in [0.4, 0.5) is 0 Å². The molecule has 6 heteroatoms. The predicted octanol–water partition coefficient (Wildman–Crippen LogP) is 3.68. The fourth-order valence-corrected chi connectivity index (χ4v) is 4.03. The van der Waals surface area contributed by atoms with Gasteiger partial charge in [0, 0.05) is 43.9 Å². The third-order valence-corrected chi connectivity index (χ3v) is 5.60. The number of carbonyl (C=O) groups excluding carboxylic acids is 1. The zero-order valence-electron chi connectivity index (χ0n) is 17.0. The van der Waals surface area contributed by atoms with Crippen molar-refractivity contribution >= 4 is 16.8 Å². The first-order valence-corrected chi connectivity index (χ1v) is 10.1. The number of carbonyl (C=O) groups is 1. The molecular formula is C23H27N3O3. The highest BCUT2D eigenvalue weighted by atomic mass is 16.5. The Hall–Kier alpha value is -2.70. The molecule has 0 saturated carbocycles. The maximum Gasteiger partial charge on any atom is 0.254 e. The van der Waals surface area contributed by atoms with E-state index in [-0.39, 0.29) is 11.9 Å². The Morgan fingerprint density at radius 2 is 2.10 bits per heavy atom. The number of fused-ring (bicyclic) bond motifs is 1. The van der Waals surface area contributed by atoms with E-state index in [0.29, 0.717) is 17.9 Å². The van der Waals surface area contributed by atoms with Gasteiger partial charge in [-0.05, 0) is 38.1 Å². The first-order valence-electron chi connectivity index (χ1n) is 10.1. The van der Waals surface area contributed by atoms with E-state index in [1.807, 2.05) is 53.4 Å². The summed E-state index contributed by atoms with van der Waals surface area (Å²) in [7, 11) is 3.79. The topological polar surface area (TPSA) is 58.8 Å². The van der Waals surface area contributed by atoms with Crippen LogP contribution in [0.2, 0.25) is 0 Å². The lowest BCUT2D eigenvalue weighted by atomic mass is 10.1.